The Morgan fingerprint density at radius 3 is 2.82 bits per heavy atom. The summed E-state index contributed by atoms with van der Waals surface area (Å²) in [4.78, 5) is 29.6. The van der Waals surface area contributed by atoms with Crippen molar-refractivity contribution in [3.8, 4) is 11.3 Å². The summed E-state index contributed by atoms with van der Waals surface area (Å²) in [7, 11) is 1.48. The van der Waals surface area contributed by atoms with Crippen LogP contribution in [0.4, 0.5) is 10.2 Å². The zero-order valence-electron chi connectivity index (χ0n) is 18.2. The highest BCUT2D eigenvalue weighted by atomic mass is 19.1. The third-order valence-corrected chi connectivity index (χ3v) is 5.83. The molecule has 1 fully saturated rings. The van der Waals surface area contributed by atoms with Crippen LogP contribution in [-0.4, -0.2) is 39.4 Å². The number of halogens is 1. The molecular formula is C25H23FN6O. The quantitative estimate of drug-likeness (QED) is 0.447. The van der Waals surface area contributed by atoms with E-state index in [4.69, 9.17) is 0 Å². The van der Waals surface area contributed by atoms with Gasteiger partial charge in [-0.05, 0) is 37.0 Å². The number of benzene rings is 1. The van der Waals surface area contributed by atoms with Crippen LogP contribution in [0.1, 0.15) is 40.4 Å². The molecule has 0 radical (unpaired) electrons. The van der Waals surface area contributed by atoms with E-state index in [1.54, 1.807) is 12.4 Å². The van der Waals surface area contributed by atoms with Gasteiger partial charge in [-0.25, -0.2) is 14.4 Å². The van der Waals surface area contributed by atoms with E-state index >= 15 is 0 Å². The largest absolute Gasteiger partial charge is 0.370 e. The maximum atomic E-state index is 14.3. The van der Waals surface area contributed by atoms with Crippen LogP contribution in [0.25, 0.3) is 22.2 Å². The average Bonchev–Trinajstić information content (AvgIpc) is 3.70. The number of nitrogens with one attached hydrogen (secondary N) is 2. The number of amides is 1. The molecule has 0 aliphatic heterocycles. The zero-order valence-corrected chi connectivity index (χ0v) is 18.2. The minimum absolute atomic E-state index is 0.0145. The number of rotatable bonds is 7. The predicted octanol–water partition coefficient (Wildman–Crippen LogP) is 4.12. The number of nitrogens with zero attached hydrogens (tertiary/aromatic N) is 4. The van der Waals surface area contributed by atoms with Crippen molar-refractivity contribution in [2.75, 3.05) is 18.9 Å². The first kappa shape index (κ1) is 20.9. The molecule has 2 N–H and O–H groups in total. The van der Waals surface area contributed by atoms with E-state index in [0.29, 0.717) is 29.8 Å². The number of carbonyl (C=O) groups excluding carboxylic acids is 1. The molecule has 1 aliphatic rings. The summed E-state index contributed by atoms with van der Waals surface area (Å²) in [6.45, 7) is 0.591. The Labute approximate surface area is 190 Å². The number of aromatic nitrogens is 4. The van der Waals surface area contributed by atoms with Crippen LogP contribution in [-0.2, 0) is 6.42 Å². The third-order valence-electron chi connectivity index (χ3n) is 5.83. The van der Waals surface area contributed by atoms with Gasteiger partial charge in [0.15, 0.2) is 5.82 Å². The standard InChI is InChI=1S/C25H23FN6O/c1-27-25(33)23-18-4-2-3-16(24(18)30-13-19(23)26)7-10-29-22-12-21(31-14-32-22)17-8-9-28-20(11-17)15-5-6-15/h2-4,8-9,11-15H,5-7,10H2,1H3,(H,27,33)(H,29,31,32). The van der Waals surface area contributed by atoms with Crippen LogP contribution < -0.4 is 10.6 Å². The number of pyridine rings is 2. The first-order chi connectivity index (χ1) is 16.1. The van der Waals surface area contributed by atoms with Crippen LogP contribution >= 0.6 is 0 Å². The van der Waals surface area contributed by atoms with Crippen molar-refractivity contribution in [1.82, 2.24) is 25.3 Å². The van der Waals surface area contributed by atoms with E-state index < -0.39 is 11.7 Å². The van der Waals surface area contributed by atoms with Crippen LogP contribution in [0.3, 0.4) is 0 Å². The van der Waals surface area contributed by atoms with Crippen molar-refractivity contribution in [3.05, 3.63) is 77.8 Å². The van der Waals surface area contributed by atoms with Crippen molar-refractivity contribution in [2.45, 2.75) is 25.2 Å². The van der Waals surface area contributed by atoms with Crippen LogP contribution in [0.5, 0.6) is 0 Å². The molecule has 0 atom stereocenters. The van der Waals surface area contributed by atoms with Crippen molar-refractivity contribution < 1.29 is 9.18 Å². The van der Waals surface area contributed by atoms with Crippen molar-refractivity contribution in [1.29, 1.82) is 0 Å². The molecule has 1 aliphatic carbocycles. The molecular weight excluding hydrogens is 419 g/mol. The first-order valence-electron chi connectivity index (χ1n) is 10.9. The van der Waals surface area contributed by atoms with Crippen LogP contribution in [0.2, 0.25) is 0 Å². The van der Waals surface area contributed by atoms with Gasteiger partial charge in [-0.3, -0.25) is 14.8 Å². The molecule has 0 saturated heterocycles. The first-order valence-corrected chi connectivity index (χ1v) is 10.9. The van der Waals surface area contributed by atoms with E-state index in [-0.39, 0.29) is 5.56 Å². The lowest BCUT2D eigenvalue weighted by Gasteiger charge is -2.11. The number of anilines is 1. The fourth-order valence-corrected chi connectivity index (χ4v) is 3.96. The SMILES string of the molecule is CNC(=O)c1c(F)cnc2c(CCNc3cc(-c4ccnc(C5CC5)c4)ncn3)cccc12. The Bertz CT molecular complexity index is 1340. The molecule has 1 saturated carbocycles. The minimum Gasteiger partial charge on any atom is -0.370 e. The molecule has 3 aromatic heterocycles. The fourth-order valence-electron chi connectivity index (χ4n) is 3.96. The summed E-state index contributed by atoms with van der Waals surface area (Å²) in [6.07, 6.45) is 7.52. The molecule has 0 bridgehead atoms. The summed E-state index contributed by atoms with van der Waals surface area (Å²) in [6, 6.07) is 11.5. The normalized spacial score (nSPS) is 13.2. The lowest BCUT2D eigenvalue weighted by molar-refractivity contribution is 0.0961. The van der Waals surface area contributed by atoms with Crippen molar-refractivity contribution in [3.63, 3.8) is 0 Å². The Morgan fingerprint density at radius 1 is 1.12 bits per heavy atom. The van der Waals surface area contributed by atoms with Crippen molar-refractivity contribution in [2.24, 2.45) is 0 Å². The average molecular weight is 442 g/mol. The number of hydrogen-bond acceptors (Lipinski definition) is 6. The van der Waals surface area contributed by atoms with E-state index in [1.165, 1.54) is 19.9 Å². The van der Waals surface area contributed by atoms with E-state index in [1.807, 2.05) is 30.5 Å². The van der Waals surface area contributed by atoms with E-state index in [9.17, 15) is 9.18 Å². The molecule has 0 unspecified atom stereocenters. The second kappa shape index (κ2) is 8.90. The summed E-state index contributed by atoms with van der Waals surface area (Å²) in [5.41, 5.74) is 4.54. The third kappa shape index (κ3) is 4.37. The molecule has 166 valence electrons. The summed E-state index contributed by atoms with van der Waals surface area (Å²) >= 11 is 0. The fraction of sp³-hybridized carbons (Fsp3) is 0.240. The Kier molecular flexibility index (Phi) is 5.64. The minimum atomic E-state index is -0.633. The van der Waals surface area contributed by atoms with E-state index in [0.717, 1.165) is 34.5 Å². The van der Waals surface area contributed by atoms with Gasteiger partial charge in [0.1, 0.15) is 12.1 Å². The molecule has 1 aromatic carbocycles. The summed E-state index contributed by atoms with van der Waals surface area (Å²) in [5, 5.41) is 6.32. The van der Waals surface area contributed by atoms with Crippen LogP contribution in [0.15, 0.2) is 55.1 Å². The van der Waals surface area contributed by atoms with Gasteiger partial charge >= 0.3 is 0 Å². The maximum absolute atomic E-state index is 14.3. The number of para-hydroxylation sites is 1. The highest BCUT2D eigenvalue weighted by Gasteiger charge is 2.25. The molecule has 4 aromatic rings. The number of carbonyl (C=O) groups is 1. The molecule has 33 heavy (non-hydrogen) atoms. The van der Waals surface area contributed by atoms with Gasteiger partial charge < -0.3 is 10.6 Å². The lowest BCUT2D eigenvalue weighted by Crippen LogP contribution is -2.20. The molecule has 3 heterocycles. The highest BCUT2D eigenvalue weighted by molar-refractivity contribution is 6.06. The molecule has 5 rings (SSSR count). The van der Waals surface area contributed by atoms with Gasteiger partial charge in [0.25, 0.3) is 5.91 Å². The summed E-state index contributed by atoms with van der Waals surface area (Å²) < 4.78 is 14.3. The molecule has 1 amide bonds. The number of hydrogen-bond donors (Lipinski definition) is 2. The van der Waals surface area contributed by atoms with Crippen molar-refractivity contribution >= 4 is 22.6 Å². The molecule has 7 nitrogen and oxygen atoms in total. The molecule has 0 spiro atoms. The predicted molar refractivity (Wildman–Crippen MR) is 125 cm³/mol. The van der Waals surface area contributed by atoms with Gasteiger partial charge in [-0.15, -0.1) is 0 Å². The highest BCUT2D eigenvalue weighted by Crippen LogP contribution is 2.39. The van der Waals surface area contributed by atoms with E-state index in [2.05, 4.69) is 36.6 Å². The maximum Gasteiger partial charge on any atom is 0.254 e. The monoisotopic (exact) mass is 442 g/mol. The smallest absolute Gasteiger partial charge is 0.254 e. The number of fused-ring (bicyclic) bond motifs is 1. The van der Waals surface area contributed by atoms with Gasteiger partial charge in [-0.1, -0.05) is 18.2 Å². The van der Waals surface area contributed by atoms with Crippen LogP contribution in [0, 0.1) is 5.82 Å². The second-order valence-electron chi connectivity index (χ2n) is 8.08. The van der Waals surface area contributed by atoms with Gasteiger partial charge in [0, 0.05) is 48.4 Å². The topological polar surface area (TPSA) is 92.7 Å². The summed E-state index contributed by atoms with van der Waals surface area (Å²) in [5.74, 6) is 0.197. The van der Waals surface area contributed by atoms with Gasteiger partial charge in [0.05, 0.1) is 23.0 Å². The zero-order chi connectivity index (χ0) is 22.8. The Morgan fingerprint density at radius 2 is 2.00 bits per heavy atom. The second-order valence-corrected chi connectivity index (χ2v) is 8.08. The van der Waals surface area contributed by atoms with Gasteiger partial charge in [-0.2, -0.15) is 0 Å². The Balaban J connectivity index is 1.33. The Hall–Kier alpha value is -3.94. The lowest BCUT2D eigenvalue weighted by atomic mass is 10.0. The van der Waals surface area contributed by atoms with Gasteiger partial charge in [0.2, 0.25) is 0 Å². The molecule has 8 heteroatoms.